The Labute approximate surface area is 122 Å². The van der Waals surface area contributed by atoms with Gasteiger partial charge in [-0.3, -0.25) is 0 Å². The minimum Gasteiger partial charge on any atom is -0.388 e. The van der Waals surface area contributed by atoms with E-state index in [9.17, 15) is 22.7 Å². The number of halogens is 4. The summed E-state index contributed by atoms with van der Waals surface area (Å²) in [4.78, 5) is 0. The summed E-state index contributed by atoms with van der Waals surface area (Å²) in [5.41, 5.74) is -1.07. The summed E-state index contributed by atoms with van der Waals surface area (Å²) in [5, 5.41) is 10.0. The molecule has 1 nitrogen and oxygen atoms in total. The summed E-state index contributed by atoms with van der Waals surface area (Å²) in [6, 6.07) is 2.67. The third kappa shape index (κ3) is 4.43. The van der Waals surface area contributed by atoms with Gasteiger partial charge in [0, 0.05) is 0 Å². The number of rotatable bonds is 4. The first-order valence-electron chi connectivity index (χ1n) is 7.42. The van der Waals surface area contributed by atoms with Crippen LogP contribution in [0.2, 0.25) is 0 Å². The molecule has 1 unspecified atom stereocenters. The average molecular weight is 304 g/mol. The van der Waals surface area contributed by atoms with Crippen molar-refractivity contribution in [2.45, 2.75) is 57.2 Å². The van der Waals surface area contributed by atoms with Crippen LogP contribution in [-0.2, 0) is 6.18 Å². The van der Waals surface area contributed by atoms with E-state index in [1.165, 1.54) is 19.3 Å². The van der Waals surface area contributed by atoms with Crippen LogP contribution in [0.4, 0.5) is 17.6 Å². The predicted molar refractivity (Wildman–Crippen MR) is 72.2 cm³/mol. The summed E-state index contributed by atoms with van der Waals surface area (Å²) >= 11 is 0. The van der Waals surface area contributed by atoms with Crippen molar-refractivity contribution in [3.63, 3.8) is 0 Å². The molecule has 1 atom stereocenters. The lowest BCUT2D eigenvalue weighted by molar-refractivity contribution is -0.140. The number of alkyl halides is 3. The van der Waals surface area contributed by atoms with Crippen LogP contribution in [0.1, 0.15) is 62.2 Å². The zero-order valence-electron chi connectivity index (χ0n) is 11.8. The van der Waals surface area contributed by atoms with Gasteiger partial charge in [0.05, 0.1) is 11.7 Å². The van der Waals surface area contributed by atoms with E-state index >= 15 is 0 Å². The van der Waals surface area contributed by atoms with Gasteiger partial charge in [-0.05, 0) is 36.5 Å². The lowest BCUT2D eigenvalue weighted by Gasteiger charge is -2.22. The molecule has 0 spiro atoms. The Morgan fingerprint density at radius 2 is 1.81 bits per heavy atom. The maximum atomic E-state index is 13.5. The Bertz CT molecular complexity index is 464. The van der Waals surface area contributed by atoms with Gasteiger partial charge in [0.2, 0.25) is 0 Å². The number of aliphatic hydroxyl groups is 1. The molecule has 0 aliphatic heterocycles. The third-order valence-corrected chi connectivity index (χ3v) is 4.26. The summed E-state index contributed by atoms with van der Waals surface area (Å²) in [7, 11) is 0. The average Bonchev–Trinajstić information content (AvgIpc) is 2.44. The number of aliphatic hydroxyl groups excluding tert-OH is 1. The topological polar surface area (TPSA) is 20.2 Å². The molecule has 118 valence electrons. The van der Waals surface area contributed by atoms with Crippen molar-refractivity contribution < 1.29 is 22.7 Å². The fourth-order valence-corrected chi connectivity index (χ4v) is 3.00. The van der Waals surface area contributed by atoms with Crippen molar-refractivity contribution in [2.24, 2.45) is 5.92 Å². The van der Waals surface area contributed by atoms with E-state index in [-0.39, 0.29) is 5.56 Å². The van der Waals surface area contributed by atoms with Crippen LogP contribution < -0.4 is 0 Å². The normalized spacial score (nSPS) is 18.7. The molecule has 1 aromatic rings. The van der Waals surface area contributed by atoms with E-state index in [1.807, 2.05) is 0 Å². The Kier molecular flexibility index (Phi) is 5.25. The van der Waals surface area contributed by atoms with E-state index in [2.05, 4.69) is 0 Å². The Morgan fingerprint density at radius 1 is 1.14 bits per heavy atom. The summed E-state index contributed by atoms with van der Waals surface area (Å²) in [6.45, 7) is 0. The van der Waals surface area contributed by atoms with Gasteiger partial charge in [0.15, 0.2) is 0 Å². The van der Waals surface area contributed by atoms with Crippen molar-refractivity contribution in [1.82, 2.24) is 0 Å². The maximum absolute atomic E-state index is 13.5. The highest BCUT2D eigenvalue weighted by atomic mass is 19.4. The minimum atomic E-state index is -4.70. The molecule has 1 N–H and O–H groups in total. The van der Waals surface area contributed by atoms with Crippen LogP contribution in [0.15, 0.2) is 18.2 Å². The van der Waals surface area contributed by atoms with Crippen molar-refractivity contribution in [3.05, 3.63) is 35.1 Å². The van der Waals surface area contributed by atoms with Crippen LogP contribution >= 0.6 is 0 Å². The van der Waals surface area contributed by atoms with Gasteiger partial charge in [0.1, 0.15) is 5.82 Å². The second kappa shape index (κ2) is 6.77. The summed E-state index contributed by atoms with van der Waals surface area (Å²) < 4.78 is 50.9. The van der Waals surface area contributed by atoms with Gasteiger partial charge in [-0.2, -0.15) is 13.2 Å². The molecule has 21 heavy (non-hydrogen) atoms. The molecule has 1 saturated carbocycles. The van der Waals surface area contributed by atoms with Gasteiger partial charge in [0.25, 0.3) is 0 Å². The molecular formula is C16H20F4O. The lowest BCUT2D eigenvalue weighted by atomic mass is 9.85. The molecule has 1 aliphatic rings. The highest BCUT2D eigenvalue weighted by molar-refractivity contribution is 5.27. The van der Waals surface area contributed by atoms with Crippen LogP contribution in [0.5, 0.6) is 0 Å². The molecule has 1 aliphatic carbocycles. The highest BCUT2D eigenvalue weighted by Crippen LogP contribution is 2.34. The van der Waals surface area contributed by atoms with Crippen LogP contribution in [0, 0.1) is 11.7 Å². The zero-order valence-corrected chi connectivity index (χ0v) is 11.8. The SMILES string of the molecule is OC(CCC1CCCCC1)c1ccc(C(F)(F)F)c(F)c1. The Hall–Kier alpha value is -1.10. The molecule has 0 aromatic heterocycles. The summed E-state index contributed by atoms with van der Waals surface area (Å²) in [5.74, 6) is -0.746. The Morgan fingerprint density at radius 3 is 2.38 bits per heavy atom. The maximum Gasteiger partial charge on any atom is 0.419 e. The van der Waals surface area contributed by atoms with Gasteiger partial charge < -0.3 is 5.11 Å². The van der Waals surface area contributed by atoms with E-state index in [4.69, 9.17) is 0 Å². The van der Waals surface area contributed by atoms with Crippen molar-refractivity contribution in [3.8, 4) is 0 Å². The van der Waals surface area contributed by atoms with E-state index in [0.29, 0.717) is 18.4 Å². The number of hydrogen-bond donors (Lipinski definition) is 1. The Balaban J connectivity index is 1.96. The summed E-state index contributed by atoms with van der Waals surface area (Å²) in [6.07, 6.45) is 1.66. The number of benzene rings is 1. The van der Waals surface area contributed by atoms with Gasteiger partial charge >= 0.3 is 6.18 Å². The molecule has 0 bridgehead atoms. The van der Waals surface area contributed by atoms with Gasteiger partial charge in [-0.1, -0.05) is 38.2 Å². The third-order valence-electron chi connectivity index (χ3n) is 4.26. The molecule has 0 radical (unpaired) electrons. The largest absolute Gasteiger partial charge is 0.419 e. The van der Waals surface area contributed by atoms with Gasteiger partial charge in [-0.25, -0.2) is 4.39 Å². The minimum absolute atomic E-state index is 0.219. The zero-order chi connectivity index (χ0) is 15.5. The second-order valence-electron chi connectivity index (χ2n) is 5.83. The molecule has 0 saturated heterocycles. The standard InChI is InChI=1S/C16H20F4O/c17-14-10-12(7-8-13(14)16(18,19)20)15(21)9-6-11-4-2-1-3-5-11/h7-8,10-11,15,21H,1-6,9H2. The first-order chi connectivity index (χ1) is 9.88. The first kappa shape index (κ1) is 16.3. The molecule has 5 heteroatoms. The fraction of sp³-hybridized carbons (Fsp3) is 0.625. The van der Waals surface area contributed by atoms with Crippen molar-refractivity contribution in [1.29, 1.82) is 0 Å². The lowest BCUT2D eigenvalue weighted by Crippen LogP contribution is -2.11. The van der Waals surface area contributed by atoms with Crippen LogP contribution in [0.25, 0.3) is 0 Å². The van der Waals surface area contributed by atoms with E-state index < -0.39 is 23.7 Å². The molecular weight excluding hydrogens is 284 g/mol. The van der Waals surface area contributed by atoms with E-state index in [0.717, 1.165) is 31.4 Å². The fourth-order valence-electron chi connectivity index (χ4n) is 3.00. The van der Waals surface area contributed by atoms with Gasteiger partial charge in [-0.15, -0.1) is 0 Å². The highest BCUT2D eigenvalue weighted by Gasteiger charge is 2.34. The molecule has 1 fully saturated rings. The monoisotopic (exact) mass is 304 g/mol. The van der Waals surface area contributed by atoms with Crippen molar-refractivity contribution in [2.75, 3.05) is 0 Å². The smallest absolute Gasteiger partial charge is 0.388 e. The van der Waals surface area contributed by atoms with Crippen LogP contribution in [0.3, 0.4) is 0 Å². The molecule has 2 rings (SSSR count). The quantitative estimate of drug-likeness (QED) is 0.754. The second-order valence-corrected chi connectivity index (χ2v) is 5.83. The predicted octanol–water partition coefficient (Wildman–Crippen LogP) is 5.24. The first-order valence-corrected chi connectivity index (χ1v) is 7.42. The van der Waals surface area contributed by atoms with Crippen LogP contribution in [-0.4, -0.2) is 5.11 Å². The molecule has 1 aromatic carbocycles. The number of hydrogen-bond acceptors (Lipinski definition) is 1. The van der Waals surface area contributed by atoms with E-state index in [1.54, 1.807) is 0 Å². The molecule has 0 amide bonds. The van der Waals surface area contributed by atoms with Crippen molar-refractivity contribution >= 4 is 0 Å². The molecule has 0 heterocycles.